The van der Waals surface area contributed by atoms with Gasteiger partial charge in [0.05, 0.1) is 13.2 Å². The van der Waals surface area contributed by atoms with Gasteiger partial charge in [-0.3, -0.25) is 0 Å². The largest absolute Gasteiger partial charge is 0.388 e. The second-order valence-electron chi connectivity index (χ2n) is 7.02. The second kappa shape index (κ2) is 14.7. The molecule has 0 aromatic heterocycles. The van der Waals surface area contributed by atoms with E-state index in [1.165, 1.54) is 44.9 Å². The van der Waals surface area contributed by atoms with Crippen LogP contribution in [0.25, 0.3) is 0 Å². The summed E-state index contributed by atoms with van der Waals surface area (Å²) in [5, 5.41) is 28.9. The van der Waals surface area contributed by atoms with Gasteiger partial charge in [0.1, 0.15) is 24.4 Å². The molecule has 0 aromatic carbocycles. The Hall–Kier alpha value is -0.460. The van der Waals surface area contributed by atoms with Gasteiger partial charge in [0.25, 0.3) is 0 Å². The van der Waals surface area contributed by atoms with Gasteiger partial charge in [-0.05, 0) is 25.7 Å². The number of hydrogen-bond acceptors (Lipinski definition) is 5. The summed E-state index contributed by atoms with van der Waals surface area (Å²) < 4.78 is 10.6. The van der Waals surface area contributed by atoms with Crippen molar-refractivity contribution in [2.24, 2.45) is 0 Å². The van der Waals surface area contributed by atoms with E-state index < -0.39 is 24.4 Å². The molecule has 0 radical (unpaired) electrons. The number of allylic oxidation sites excluding steroid dienone is 2. The highest BCUT2D eigenvalue weighted by atomic mass is 16.5. The Morgan fingerprint density at radius 2 is 1.64 bits per heavy atom. The van der Waals surface area contributed by atoms with Crippen LogP contribution in [0.15, 0.2) is 12.2 Å². The SMILES string of the molecule is CCCCCCCCC/C=C/CCCOC[C@H](O)[C@@H]1OC[C@@H](O)[C@@H]1O. The zero-order valence-corrected chi connectivity index (χ0v) is 15.8. The Labute approximate surface area is 153 Å². The summed E-state index contributed by atoms with van der Waals surface area (Å²) in [7, 11) is 0. The summed E-state index contributed by atoms with van der Waals surface area (Å²) in [6, 6.07) is 0. The van der Waals surface area contributed by atoms with Crippen LogP contribution in [0, 0.1) is 0 Å². The molecule has 0 aliphatic carbocycles. The van der Waals surface area contributed by atoms with Crippen LogP contribution in [0.1, 0.15) is 71.1 Å². The van der Waals surface area contributed by atoms with Crippen LogP contribution in [-0.2, 0) is 9.47 Å². The fraction of sp³-hybridized carbons (Fsp3) is 0.900. The highest BCUT2D eigenvalue weighted by Gasteiger charge is 2.39. The first kappa shape index (κ1) is 22.6. The van der Waals surface area contributed by atoms with E-state index >= 15 is 0 Å². The van der Waals surface area contributed by atoms with Gasteiger partial charge in [-0.15, -0.1) is 0 Å². The third kappa shape index (κ3) is 10.3. The van der Waals surface area contributed by atoms with E-state index in [1.54, 1.807) is 0 Å². The van der Waals surface area contributed by atoms with E-state index in [4.69, 9.17) is 9.47 Å². The molecule has 5 heteroatoms. The standard InChI is InChI=1S/C20H38O5/c1-2-3-4-5-6-7-8-9-10-11-12-13-14-24-15-18(22)20-19(23)17(21)16-25-20/h10-11,17-23H,2-9,12-16H2,1H3/b11-10+/t17-,18+,19+,20+/m1/s1. The lowest BCUT2D eigenvalue weighted by Crippen LogP contribution is -2.40. The van der Waals surface area contributed by atoms with E-state index in [-0.39, 0.29) is 13.2 Å². The lowest BCUT2D eigenvalue weighted by molar-refractivity contribution is -0.0811. The summed E-state index contributed by atoms with van der Waals surface area (Å²) in [6.07, 6.45) is 13.3. The number of hydrogen-bond donors (Lipinski definition) is 3. The molecule has 0 unspecified atom stereocenters. The lowest BCUT2D eigenvalue weighted by atomic mass is 10.1. The molecule has 3 N–H and O–H groups in total. The quantitative estimate of drug-likeness (QED) is 0.310. The molecule has 1 aliphatic heterocycles. The molecule has 1 heterocycles. The van der Waals surface area contributed by atoms with Crippen LogP contribution in [0.3, 0.4) is 0 Å². The van der Waals surface area contributed by atoms with Gasteiger partial charge in [-0.2, -0.15) is 0 Å². The molecule has 148 valence electrons. The van der Waals surface area contributed by atoms with Gasteiger partial charge < -0.3 is 24.8 Å². The molecule has 4 atom stereocenters. The predicted molar refractivity (Wildman–Crippen MR) is 99.6 cm³/mol. The maximum atomic E-state index is 9.89. The first-order valence-electron chi connectivity index (χ1n) is 10.0. The summed E-state index contributed by atoms with van der Waals surface area (Å²) in [6.45, 7) is 3.00. The van der Waals surface area contributed by atoms with Crippen molar-refractivity contribution in [2.45, 2.75) is 95.5 Å². The van der Waals surface area contributed by atoms with Gasteiger partial charge in [0, 0.05) is 6.61 Å². The number of unbranched alkanes of at least 4 members (excludes halogenated alkanes) is 8. The average Bonchev–Trinajstić information content (AvgIpc) is 2.94. The van der Waals surface area contributed by atoms with E-state index in [0.29, 0.717) is 6.61 Å². The Kier molecular flexibility index (Phi) is 13.3. The zero-order chi connectivity index (χ0) is 18.3. The molecule has 5 nitrogen and oxygen atoms in total. The van der Waals surface area contributed by atoms with Crippen molar-refractivity contribution in [3.63, 3.8) is 0 Å². The molecule has 0 saturated carbocycles. The fourth-order valence-corrected chi connectivity index (χ4v) is 3.02. The Morgan fingerprint density at radius 3 is 2.28 bits per heavy atom. The van der Waals surface area contributed by atoms with Crippen LogP contribution in [0.4, 0.5) is 0 Å². The van der Waals surface area contributed by atoms with E-state index in [0.717, 1.165) is 19.3 Å². The fourth-order valence-electron chi connectivity index (χ4n) is 3.02. The Bertz CT molecular complexity index is 334. The van der Waals surface area contributed by atoms with Crippen LogP contribution in [-0.4, -0.2) is 59.6 Å². The smallest absolute Gasteiger partial charge is 0.114 e. The summed E-state index contributed by atoms with van der Waals surface area (Å²) in [4.78, 5) is 0. The minimum Gasteiger partial charge on any atom is -0.388 e. The maximum Gasteiger partial charge on any atom is 0.114 e. The third-order valence-corrected chi connectivity index (χ3v) is 4.66. The molecule has 0 aromatic rings. The van der Waals surface area contributed by atoms with Crippen molar-refractivity contribution in [3.8, 4) is 0 Å². The second-order valence-corrected chi connectivity index (χ2v) is 7.02. The highest BCUT2D eigenvalue weighted by molar-refractivity contribution is 4.87. The van der Waals surface area contributed by atoms with Crippen molar-refractivity contribution in [1.82, 2.24) is 0 Å². The minimum atomic E-state index is -1.03. The van der Waals surface area contributed by atoms with E-state index in [2.05, 4.69) is 19.1 Å². The molecular weight excluding hydrogens is 320 g/mol. The molecule has 1 rings (SSSR count). The van der Waals surface area contributed by atoms with Crippen LogP contribution in [0.2, 0.25) is 0 Å². The van der Waals surface area contributed by atoms with Gasteiger partial charge in [-0.25, -0.2) is 0 Å². The van der Waals surface area contributed by atoms with Gasteiger partial charge in [-0.1, -0.05) is 57.6 Å². The minimum absolute atomic E-state index is 0.0619. The van der Waals surface area contributed by atoms with Crippen LogP contribution < -0.4 is 0 Å². The number of ether oxygens (including phenoxy) is 2. The maximum absolute atomic E-state index is 9.89. The molecular formula is C20H38O5. The van der Waals surface area contributed by atoms with Gasteiger partial charge in [0.15, 0.2) is 0 Å². The predicted octanol–water partition coefficient (Wildman–Crippen LogP) is 2.96. The van der Waals surface area contributed by atoms with Gasteiger partial charge >= 0.3 is 0 Å². The van der Waals surface area contributed by atoms with Crippen molar-refractivity contribution >= 4 is 0 Å². The molecule has 0 spiro atoms. The zero-order valence-electron chi connectivity index (χ0n) is 15.8. The number of aliphatic hydroxyl groups is 3. The first-order chi connectivity index (χ1) is 12.2. The molecule has 1 saturated heterocycles. The van der Waals surface area contributed by atoms with Crippen molar-refractivity contribution in [1.29, 1.82) is 0 Å². The van der Waals surface area contributed by atoms with Crippen LogP contribution in [0.5, 0.6) is 0 Å². The monoisotopic (exact) mass is 358 g/mol. The third-order valence-electron chi connectivity index (χ3n) is 4.66. The van der Waals surface area contributed by atoms with Crippen molar-refractivity contribution < 1.29 is 24.8 Å². The molecule has 25 heavy (non-hydrogen) atoms. The van der Waals surface area contributed by atoms with Gasteiger partial charge in [0.2, 0.25) is 0 Å². The topological polar surface area (TPSA) is 79.2 Å². The number of rotatable bonds is 15. The molecule has 0 bridgehead atoms. The average molecular weight is 359 g/mol. The normalized spacial score (nSPS) is 25.0. The summed E-state index contributed by atoms with van der Waals surface area (Å²) in [5.41, 5.74) is 0. The first-order valence-corrected chi connectivity index (χ1v) is 10.0. The summed E-state index contributed by atoms with van der Waals surface area (Å²) >= 11 is 0. The number of aliphatic hydroxyl groups excluding tert-OH is 3. The van der Waals surface area contributed by atoms with E-state index in [9.17, 15) is 15.3 Å². The molecule has 0 amide bonds. The Morgan fingerprint density at radius 1 is 1.00 bits per heavy atom. The molecule has 1 fully saturated rings. The Balaban J connectivity index is 1.86. The molecule has 1 aliphatic rings. The van der Waals surface area contributed by atoms with Crippen LogP contribution >= 0.6 is 0 Å². The van der Waals surface area contributed by atoms with E-state index in [1.807, 2.05) is 0 Å². The highest BCUT2D eigenvalue weighted by Crippen LogP contribution is 2.17. The van der Waals surface area contributed by atoms with Crippen molar-refractivity contribution in [2.75, 3.05) is 19.8 Å². The summed E-state index contributed by atoms with van der Waals surface area (Å²) in [5.74, 6) is 0. The lowest BCUT2D eigenvalue weighted by Gasteiger charge is -2.20. The van der Waals surface area contributed by atoms with Crippen molar-refractivity contribution in [3.05, 3.63) is 12.2 Å².